The van der Waals surface area contributed by atoms with E-state index in [0.717, 1.165) is 12.5 Å². The highest BCUT2D eigenvalue weighted by molar-refractivity contribution is 6.32. The second-order valence-electron chi connectivity index (χ2n) is 4.01. The van der Waals surface area contributed by atoms with E-state index in [9.17, 15) is 14.5 Å². The van der Waals surface area contributed by atoms with Crippen LogP contribution in [0.15, 0.2) is 12.1 Å². The standard InChI is InChI=1S/C11H11ClFNO4/c12-10-9(18-6-7-3-4-17-5-7)2-1-8(11(10)13)14(15)16/h1-2,7H,3-6H2. The summed E-state index contributed by atoms with van der Waals surface area (Å²) in [5.74, 6) is -0.701. The van der Waals surface area contributed by atoms with E-state index < -0.39 is 16.4 Å². The molecule has 0 spiro atoms. The number of halogens is 2. The van der Waals surface area contributed by atoms with Gasteiger partial charge in [-0.2, -0.15) is 4.39 Å². The molecule has 1 aromatic carbocycles. The zero-order valence-corrected chi connectivity index (χ0v) is 10.2. The molecule has 0 aromatic heterocycles. The summed E-state index contributed by atoms with van der Waals surface area (Å²) in [7, 11) is 0. The minimum absolute atomic E-state index is 0.117. The second-order valence-corrected chi connectivity index (χ2v) is 4.39. The van der Waals surface area contributed by atoms with Crippen molar-refractivity contribution in [1.29, 1.82) is 0 Å². The lowest BCUT2D eigenvalue weighted by atomic mass is 10.1. The lowest BCUT2D eigenvalue weighted by Gasteiger charge is -2.11. The van der Waals surface area contributed by atoms with Crippen molar-refractivity contribution in [2.24, 2.45) is 5.92 Å². The zero-order valence-electron chi connectivity index (χ0n) is 9.40. The molecule has 2 rings (SSSR count). The lowest BCUT2D eigenvalue weighted by molar-refractivity contribution is -0.387. The first kappa shape index (κ1) is 13.0. The Hall–Kier alpha value is -1.40. The van der Waals surface area contributed by atoms with Gasteiger partial charge in [-0.3, -0.25) is 10.1 Å². The Kier molecular flexibility index (Phi) is 3.98. The Labute approximate surface area is 108 Å². The number of nitrogens with zero attached hydrogens (tertiary/aromatic N) is 1. The monoisotopic (exact) mass is 275 g/mol. The summed E-state index contributed by atoms with van der Waals surface area (Å²) in [4.78, 5) is 9.68. The molecule has 0 N–H and O–H groups in total. The van der Waals surface area contributed by atoms with Crippen molar-refractivity contribution >= 4 is 17.3 Å². The van der Waals surface area contributed by atoms with Gasteiger partial charge in [-0.15, -0.1) is 0 Å². The van der Waals surface area contributed by atoms with E-state index in [4.69, 9.17) is 21.1 Å². The van der Waals surface area contributed by atoms with Gasteiger partial charge in [0.2, 0.25) is 5.82 Å². The maximum atomic E-state index is 13.5. The minimum Gasteiger partial charge on any atom is -0.492 e. The van der Waals surface area contributed by atoms with Crippen LogP contribution in [0.4, 0.5) is 10.1 Å². The average Bonchev–Trinajstić information content (AvgIpc) is 2.83. The molecule has 0 saturated carbocycles. The van der Waals surface area contributed by atoms with E-state index in [0.29, 0.717) is 19.8 Å². The smallest absolute Gasteiger partial charge is 0.306 e. The Morgan fingerprint density at radius 1 is 1.61 bits per heavy atom. The van der Waals surface area contributed by atoms with Crippen LogP contribution in [0.25, 0.3) is 0 Å². The molecule has 1 aliphatic rings. The minimum atomic E-state index is -1.07. The van der Waals surface area contributed by atoms with Crippen molar-refractivity contribution in [1.82, 2.24) is 0 Å². The van der Waals surface area contributed by atoms with Crippen LogP contribution in [0.5, 0.6) is 5.75 Å². The molecule has 0 amide bonds. The van der Waals surface area contributed by atoms with Crippen LogP contribution in [0, 0.1) is 21.8 Å². The molecule has 18 heavy (non-hydrogen) atoms. The highest BCUT2D eigenvalue weighted by Gasteiger charge is 2.22. The number of nitro benzene ring substituents is 1. The molecule has 1 fully saturated rings. The second kappa shape index (κ2) is 5.49. The van der Waals surface area contributed by atoms with Gasteiger partial charge in [0, 0.05) is 18.6 Å². The molecule has 0 radical (unpaired) electrons. The SMILES string of the molecule is O=[N+]([O-])c1ccc(OCC2CCOC2)c(Cl)c1F. The van der Waals surface area contributed by atoms with E-state index in [2.05, 4.69) is 0 Å². The zero-order chi connectivity index (χ0) is 13.1. The van der Waals surface area contributed by atoms with E-state index in [1.165, 1.54) is 6.07 Å². The molecule has 0 aliphatic carbocycles. The number of nitro groups is 1. The first-order valence-electron chi connectivity index (χ1n) is 5.42. The summed E-state index contributed by atoms with van der Waals surface area (Å²) >= 11 is 5.69. The summed E-state index contributed by atoms with van der Waals surface area (Å²) in [6.45, 7) is 1.65. The molecule has 1 aromatic rings. The number of hydrogen-bond donors (Lipinski definition) is 0. The van der Waals surface area contributed by atoms with Crippen LogP contribution in [-0.4, -0.2) is 24.7 Å². The van der Waals surface area contributed by atoms with Crippen molar-refractivity contribution in [3.05, 3.63) is 33.1 Å². The largest absolute Gasteiger partial charge is 0.492 e. The molecule has 0 bridgehead atoms. The van der Waals surface area contributed by atoms with Crippen LogP contribution >= 0.6 is 11.6 Å². The van der Waals surface area contributed by atoms with Crippen LogP contribution in [0.1, 0.15) is 6.42 Å². The van der Waals surface area contributed by atoms with Crippen molar-refractivity contribution in [2.45, 2.75) is 6.42 Å². The fourth-order valence-electron chi connectivity index (χ4n) is 1.70. The third kappa shape index (κ3) is 2.70. The quantitative estimate of drug-likeness (QED) is 0.626. The fraction of sp³-hybridized carbons (Fsp3) is 0.455. The predicted molar refractivity (Wildman–Crippen MR) is 62.5 cm³/mol. The molecule has 1 unspecified atom stereocenters. The van der Waals surface area contributed by atoms with Gasteiger partial charge in [0.15, 0.2) is 0 Å². The van der Waals surface area contributed by atoms with E-state index in [1.807, 2.05) is 0 Å². The van der Waals surface area contributed by atoms with Gasteiger partial charge in [0.1, 0.15) is 10.8 Å². The van der Waals surface area contributed by atoms with Crippen molar-refractivity contribution in [2.75, 3.05) is 19.8 Å². The van der Waals surface area contributed by atoms with Gasteiger partial charge in [-0.05, 0) is 12.5 Å². The van der Waals surface area contributed by atoms with Crippen molar-refractivity contribution < 1.29 is 18.8 Å². The van der Waals surface area contributed by atoms with Crippen LogP contribution in [0.3, 0.4) is 0 Å². The maximum Gasteiger partial charge on any atom is 0.306 e. The van der Waals surface area contributed by atoms with Gasteiger partial charge in [-0.1, -0.05) is 11.6 Å². The van der Waals surface area contributed by atoms with Gasteiger partial charge in [0.25, 0.3) is 0 Å². The van der Waals surface area contributed by atoms with E-state index in [1.54, 1.807) is 0 Å². The first-order chi connectivity index (χ1) is 8.59. The topological polar surface area (TPSA) is 61.6 Å². The molecule has 1 atom stereocenters. The van der Waals surface area contributed by atoms with Crippen molar-refractivity contribution in [3.63, 3.8) is 0 Å². The van der Waals surface area contributed by atoms with Crippen LogP contribution in [-0.2, 0) is 4.74 Å². The third-order valence-corrected chi connectivity index (χ3v) is 3.07. The summed E-state index contributed by atoms with van der Waals surface area (Å²) in [6.07, 6.45) is 0.882. The van der Waals surface area contributed by atoms with Gasteiger partial charge < -0.3 is 9.47 Å². The molecule has 5 nitrogen and oxygen atoms in total. The average molecular weight is 276 g/mol. The van der Waals surface area contributed by atoms with Crippen molar-refractivity contribution in [3.8, 4) is 5.75 Å². The summed E-state index contributed by atoms with van der Waals surface area (Å²) in [5, 5.41) is 10.1. The molecule has 1 heterocycles. The summed E-state index contributed by atoms with van der Waals surface area (Å²) in [5.41, 5.74) is -0.656. The number of ether oxygens (including phenoxy) is 2. The first-order valence-corrected chi connectivity index (χ1v) is 5.80. The van der Waals surface area contributed by atoms with Gasteiger partial charge in [-0.25, -0.2) is 0 Å². The number of benzene rings is 1. The summed E-state index contributed by atoms with van der Waals surface area (Å²) < 4.78 is 24.1. The summed E-state index contributed by atoms with van der Waals surface area (Å²) in [6, 6.07) is 2.35. The molecular weight excluding hydrogens is 265 g/mol. The van der Waals surface area contributed by atoms with Crippen LogP contribution < -0.4 is 4.74 Å². The Morgan fingerprint density at radius 2 is 2.39 bits per heavy atom. The highest BCUT2D eigenvalue weighted by atomic mass is 35.5. The number of rotatable bonds is 4. The van der Waals surface area contributed by atoms with Crippen LogP contribution in [0.2, 0.25) is 5.02 Å². The Morgan fingerprint density at radius 3 is 3.00 bits per heavy atom. The van der Waals surface area contributed by atoms with E-state index >= 15 is 0 Å². The van der Waals surface area contributed by atoms with E-state index in [-0.39, 0.29) is 16.7 Å². The molecule has 1 aliphatic heterocycles. The maximum absolute atomic E-state index is 13.5. The Bertz CT molecular complexity index is 463. The fourth-order valence-corrected chi connectivity index (χ4v) is 1.91. The molecule has 1 saturated heterocycles. The highest BCUT2D eigenvalue weighted by Crippen LogP contribution is 2.33. The molecular formula is C11H11ClFNO4. The molecule has 98 valence electrons. The Balaban J connectivity index is 2.09. The van der Waals surface area contributed by atoms with Gasteiger partial charge >= 0.3 is 5.69 Å². The third-order valence-electron chi connectivity index (χ3n) is 2.72. The molecule has 7 heteroatoms. The van der Waals surface area contributed by atoms with Gasteiger partial charge in [0.05, 0.1) is 18.1 Å². The predicted octanol–water partition coefficient (Wildman–Crippen LogP) is 2.80. The normalized spacial score (nSPS) is 18.9. The number of hydrogen-bond acceptors (Lipinski definition) is 4. The lowest BCUT2D eigenvalue weighted by Crippen LogP contribution is -2.12.